The van der Waals surface area contributed by atoms with Gasteiger partial charge in [0.05, 0.1) is 6.61 Å². The van der Waals surface area contributed by atoms with Crippen LogP contribution in [-0.4, -0.2) is 6.61 Å². The van der Waals surface area contributed by atoms with E-state index >= 15 is 0 Å². The van der Waals surface area contributed by atoms with Crippen LogP contribution in [0.15, 0.2) is 39.0 Å². The number of rotatable bonds is 6. The Balaban J connectivity index is 2.51. The molecular weight excluding hydrogens is 288 g/mol. The first-order chi connectivity index (χ1) is 10.0. The van der Waals surface area contributed by atoms with Crippen LogP contribution in [0, 0.1) is 6.92 Å². The van der Waals surface area contributed by atoms with Gasteiger partial charge in [0.25, 0.3) is 0 Å². The van der Waals surface area contributed by atoms with Crippen molar-refractivity contribution in [2.24, 2.45) is 0 Å². The number of hydrogen-bond donors (Lipinski definition) is 0. The minimum atomic E-state index is -0.353. The molecule has 1 aromatic heterocycles. The van der Waals surface area contributed by atoms with Crippen LogP contribution in [0.1, 0.15) is 30.9 Å². The van der Waals surface area contributed by atoms with E-state index in [1.807, 2.05) is 13.0 Å². The van der Waals surface area contributed by atoms with Gasteiger partial charge < -0.3 is 9.15 Å². The van der Waals surface area contributed by atoms with E-state index in [0.717, 1.165) is 29.4 Å². The van der Waals surface area contributed by atoms with Crippen molar-refractivity contribution < 1.29 is 9.15 Å². The Hall–Kier alpha value is -1.74. The standard InChI is InChI=1S/C17H19ClO3/c1-4-5-6-20-15-10-16-14(9-13(15)8-12(3)18)11(2)7-17(19)21-16/h7,9-10H,3-6,8H2,1-2H3. The summed E-state index contributed by atoms with van der Waals surface area (Å²) < 4.78 is 11.1. The molecule has 0 aliphatic carbocycles. The lowest BCUT2D eigenvalue weighted by Crippen LogP contribution is -2.03. The van der Waals surface area contributed by atoms with Crippen LogP contribution in [0.3, 0.4) is 0 Å². The van der Waals surface area contributed by atoms with Crippen LogP contribution in [-0.2, 0) is 6.42 Å². The smallest absolute Gasteiger partial charge is 0.336 e. The number of aryl methyl sites for hydroxylation is 1. The molecule has 0 amide bonds. The molecule has 112 valence electrons. The second kappa shape index (κ2) is 6.81. The third kappa shape index (κ3) is 3.88. The van der Waals surface area contributed by atoms with Gasteiger partial charge >= 0.3 is 5.63 Å². The summed E-state index contributed by atoms with van der Waals surface area (Å²) in [7, 11) is 0. The Morgan fingerprint density at radius 3 is 2.81 bits per heavy atom. The van der Waals surface area contributed by atoms with E-state index in [1.165, 1.54) is 6.07 Å². The number of fused-ring (bicyclic) bond motifs is 1. The highest BCUT2D eigenvalue weighted by Crippen LogP contribution is 2.29. The summed E-state index contributed by atoms with van der Waals surface area (Å²) in [6, 6.07) is 5.22. The summed E-state index contributed by atoms with van der Waals surface area (Å²) in [6.07, 6.45) is 2.55. The van der Waals surface area contributed by atoms with Crippen molar-refractivity contribution in [1.29, 1.82) is 0 Å². The first kappa shape index (κ1) is 15.6. The average Bonchev–Trinajstić information content (AvgIpc) is 2.39. The summed E-state index contributed by atoms with van der Waals surface area (Å²) in [5.74, 6) is 0.700. The molecule has 0 N–H and O–H groups in total. The Kier molecular flexibility index (Phi) is 5.07. The molecule has 2 aromatic rings. The molecule has 0 saturated carbocycles. The van der Waals surface area contributed by atoms with Gasteiger partial charge in [0.15, 0.2) is 0 Å². The summed E-state index contributed by atoms with van der Waals surface area (Å²) >= 11 is 5.94. The van der Waals surface area contributed by atoms with E-state index in [9.17, 15) is 4.79 Å². The molecule has 0 radical (unpaired) electrons. The minimum Gasteiger partial charge on any atom is -0.493 e. The van der Waals surface area contributed by atoms with Crippen molar-refractivity contribution >= 4 is 22.6 Å². The highest BCUT2D eigenvalue weighted by atomic mass is 35.5. The van der Waals surface area contributed by atoms with E-state index in [2.05, 4.69) is 13.5 Å². The molecular formula is C17H19ClO3. The summed E-state index contributed by atoms with van der Waals surface area (Å²) in [4.78, 5) is 11.5. The SMILES string of the molecule is C=C(Cl)Cc1cc2c(C)cc(=O)oc2cc1OCCCC. The van der Waals surface area contributed by atoms with E-state index in [1.54, 1.807) is 6.07 Å². The molecule has 1 heterocycles. The predicted octanol–water partition coefficient (Wildman–Crippen LogP) is 4.58. The van der Waals surface area contributed by atoms with Crippen LogP contribution < -0.4 is 10.4 Å². The van der Waals surface area contributed by atoms with Crippen LogP contribution in [0.5, 0.6) is 5.75 Å². The zero-order chi connectivity index (χ0) is 15.4. The Bertz CT molecular complexity index is 716. The predicted molar refractivity (Wildman–Crippen MR) is 86.3 cm³/mol. The van der Waals surface area contributed by atoms with Crippen molar-refractivity contribution in [3.63, 3.8) is 0 Å². The molecule has 0 saturated heterocycles. The van der Waals surface area contributed by atoms with Gasteiger partial charge in [0.1, 0.15) is 11.3 Å². The number of hydrogen-bond acceptors (Lipinski definition) is 3. The number of allylic oxidation sites excluding steroid dienone is 1. The zero-order valence-corrected chi connectivity index (χ0v) is 13.1. The molecule has 1 aromatic carbocycles. The number of benzene rings is 1. The maximum Gasteiger partial charge on any atom is 0.336 e. The molecule has 0 aliphatic heterocycles. The van der Waals surface area contributed by atoms with E-state index in [4.69, 9.17) is 20.8 Å². The number of halogens is 1. The van der Waals surface area contributed by atoms with Crippen molar-refractivity contribution in [2.75, 3.05) is 6.61 Å². The van der Waals surface area contributed by atoms with Crippen LogP contribution in [0.2, 0.25) is 0 Å². The zero-order valence-electron chi connectivity index (χ0n) is 12.4. The van der Waals surface area contributed by atoms with Crippen molar-refractivity contribution in [2.45, 2.75) is 33.1 Å². The Morgan fingerprint density at radius 2 is 2.14 bits per heavy atom. The molecule has 2 rings (SSSR count). The van der Waals surface area contributed by atoms with Gasteiger partial charge in [0, 0.05) is 34.5 Å². The first-order valence-electron chi connectivity index (χ1n) is 7.04. The Morgan fingerprint density at radius 1 is 1.38 bits per heavy atom. The molecule has 0 bridgehead atoms. The second-order valence-corrected chi connectivity index (χ2v) is 5.64. The summed E-state index contributed by atoms with van der Waals surface area (Å²) in [6.45, 7) is 8.36. The fourth-order valence-corrected chi connectivity index (χ4v) is 2.34. The van der Waals surface area contributed by atoms with Gasteiger partial charge in [-0.15, -0.1) is 0 Å². The van der Waals surface area contributed by atoms with E-state index in [-0.39, 0.29) is 5.63 Å². The summed E-state index contributed by atoms with van der Waals surface area (Å²) in [5.41, 5.74) is 2.02. The summed E-state index contributed by atoms with van der Waals surface area (Å²) in [5, 5.41) is 1.44. The molecule has 0 aliphatic rings. The minimum absolute atomic E-state index is 0.353. The van der Waals surface area contributed by atoms with Gasteiger partial charge in [-0.3, -0.25) is 0 Å². The van der Waals surface area contributed by atoms with Gasteiger partial charge in [-0.05, 0) is 25.0 Å². The molecule has 0 atom stereocenters. The number of unbranched alkanes of at least 4 members (excludes halogenated alkanes) is 1. The van der Waals surface area contributed by atoms with Gasteiger partial charge in [-0.1, -0.05) is 31.5 Å². The highest BCUT2D eigenvalue weighted by molar-refractivity contribution is 6.29. The van der Waals surface area contributed by atoms with E-state index in [0.29, 0.717) is 29.4 Å². The second-order valence-electron chi connectivity index (χ2n) is 5.10. The van der Waals surface area contributed by atoms with Gasteiger partial charge in [-0.25, -0.2) is 4.79 Å². The van der Waals surface area contributed by atoms with Crippen LogP contribution >= 0.6 is 11.6 Å². The largest absolute Gasteiger partial charge is 0.493 e. The van der Waals surface area contributed by atoms with Crippen molar-refractivity contribution in [3.05, 3.63) is 51.4 Å². The van der Waals surface area contributed by atoms with Crippen LogP contribution in [0.25, 0.3) is 11.0 Å². The number of ether oxygens (including phenoxy) is 1. The third-order valence-electron chi connectivity index (χ3n) is 3.27. The maximum absolute atomic E-state index is 11.5. The molecule has 21 heavy (non-hydrogen) atoms. The topological polar surface area (TPSA) is 39.4 Å². The quantitative estimate of drug-likeness (QED) is 0.579. The van der Waals surface area contributed by atoms with Crippen LogP contribution in [0.4, 0.5) is 0 Å². The lowest BCUT2D eigenvalue weighted by molar-refractivity contribution is 0.306. The first-order valence-corrected chi connectivity index (χ1v) is 7.42. The lowest BCUT2D eigenvalue weighted by Gasteiger charge is -2.13. The third-order valence-corrected chi connectivity index (χ3v) is 3.40. The monoisotopic (exact) mass is 306 g/mol. The molecule has 0 unspecified atom stereocenters. The van der Waals surface area contributed by atoms with Crippen molar-refractivity contribution in [3.8, 4) is 5.75 Å². The molecule has 0 spiro atoms. The average molecular weight is 307 g/mol. The molecule has 4 heteroatoms. The Labute approximate surface area is 129 Å². The lowest BCUT2D eigenvalue weighted by atomic mass is 10.0. The van der Waals surface area contributed by atoms with Gasteiger partial charge in [-0.2, -0.15) is 0 Å². The molecule has 3 nitrogen and oxygen atoms in total. The normalized spacial score (nSPS) is 10.8. The fourth-order valence-electron chi connectivity index (χ4n) is 2.20. The fraction of sp³-hybridized carbons (Fsp3) is 0.353. The molecule has 0 fully saturated rings. The maximum atomic E-state index is 11.5. The van der Waals surface area contributed by atoms with E-state index < -0.39 is 0 Å². The van der Waals surface area contributed by atoms with Gasteiger partial charge in [0.2, 0.25) is 0 Å². The highest BCUT2D eigenvalue weighted by Gasteiger charge is 2.11. The van der Waals surface area contributed by atoms with Crippen molar-refractivity contribution in [1.82, 2.24) is 0 Å².